The van der Waals surface area contributed by atoms with Gasteiger partial charge in [-0.05, 0) is 42.8 Å². The number of methoxy groups -OCH3 is 1. The zero-order valence-electron chi connectivity index (χ0n) is 14.4. The number of nitriles is 1. The molecule has 0 bridgehead atoms. The van der Waals surface area contributed by atoms with Crippen LogP contribution in [-0.2, 0) is 11.2 Å². The van der Waals surface area contributed by atoms with Gasteiger partial charge in [-0.25, -0.2) is 4.98 Å². The zero-order valence-corrected chi connectivity index (χ0v) is 15.2. The topological polar surface area (TPSA) is 75.0 Å². The van der Waals surface area contributed by atoms with Crippen molar-refractivity contribution in [3.8, 4) is 11.8 Å². The van der Waals surface area contributed by atoms with Crippen LogP contribution in [0.4, 0.5) is 5.69 Å². The van der Waals surface area contributed by atoms with Crippen LogP contribution in [0, 0.1) is 11.3 Å². The minimum atomic E-state index is -0.0686. The highest BCUT2D eigenvalue weighted by atomic mass is 32.2. The Bertz CT molecular complexity index is 754. The molecule has 0 saturated carbocycles. The lowest BCUT2D eigenvalue weighted by Gasteiger charge is -2.07. The van der Waals surface area contributed by atoms with Crippen LogP contribution in [0.1, 0.15) is 31.0 Å². The molecule has 0 aliphatic heterocycles. The van der Waals surface area contributed by atoms with Crippen molar-refractivity contribution < 1.29 is 9.53 Å². The Kier molecular flexibility index (Phi) is 7.30. The molecule has 0 fully saturated rings. The fraction of sp³-hybridized carbons (Fsp3) is 0.316. The van der Waals surface area contributed by atoms with Crippen LogP contribution in [-0.4, -0.2) is 23.8 Å². The highest BCUT2D eigenvalue weighted by molar-refractivity contribution is 7.99. The molecule has 1 heterocycles. The van der Waals surface area contributed by atoms with Gasteiger partial charge in [-0.15, -0.1) is 11.8 Å². The summed E-state index contributed by atoms with van der Waals surface area (Å²) < 4.78 is 5.09. The molecule has 2 rings (SSSR count). The third-order valence-electron chi connectivity index (χ3n) is 3.49. The Morgan fingerprint density at radius 1 is 1.28 bits per heavy atom. The second-order valence-corrected chi connectivity index (χ2v) is 6.48. The molecule has 0 aliphatic rings. The summed E-state index contributed by atoms with van der Waals surface area (Å²) in [6.07, 6.45) is 2.24. The number of ether oxygens (including phenoxy) is 1. The van der Waals surface area contributed by atoms with Crippen molar-refractivity contribution in [3.63, 3.8) is 0 Å². The van der Waals surface area contributed by atoms with Gasteiger partial charge < -0.3 is 10.1 Å². The van der Waals surface area contributed by atoms with Crippen LogP contribution in [0.25, 0.3) is 0 Å². The van der Waals surface area contributed by atoms with E-state index in [-0.39, 0.29) is 5.91 Å². The maximum absolute atomic E-state index is 12.0. The lowest BCUT2D eigenvalue weighted by Crippen LogP contribution is -2.12. The molecular formula is C19H21N3O2S. The normalized spacial score (nSPS) is 10.1. The van der Waals surface area contributed by atoms with E-state index >= 15 is 0 Å². The average molecular weight is 355 g/mol. The number of pyridine rings is 1. The first-order valence-electron chi connectivity index (χ1n) is 8.13. The summed E-state index contributed by atoms with van der Waals surface area (Å²) in [6.45, 7) is 2.09. The number of hydrogen-bond acceptors (Lipinski definition) is 5. The van der Waals surface area contributed by atoms with Crippen molar-refractivity contribution in [1.82, 2.24) is 4.98 Å². The van der Waals surface area contributed by atoms with E-state index < -0.39 is 0 Å². The largest absolute Gasteiger partial charge is 0.497 e. The molecule has 0 aliphatic carbocycles. The number of nitrogens with zero attached hydrogens (tertiary/aromatic N) is 2. The number of rotatable bonds is 8. The summed E-state index contributed by atoms with van der Waals surface area (Å²) in [4.78, 5) is 16.6. The van der Waals surface area contributed by atoms with Crippen LogP contribution < -0.4 is 10.1 Å². The van der Waals surface area contributed by atoms with Crippen LogP contribution in [0.2, 0.25) is 0 Å². The SMILES string of the molecule is CCCc1ccc(C#N)c(SCCC(=O)Nc2ccc(OC)cc2)n1. The highest BCUT2D eigenvalue weighted by Crippen LogP contribution is 2.22. The summed E-state index contributed by atoms with van der Waals surface area (Å²) >= 11 is 1.44. The first-order valence-corrected chi connectivity index (χ1v) is 9.11. The van der Waals surface area contributed by atoms with Gasteiger partial charge in [-0.1, -0.05) is 13.3 Å². The molecule has 1 amide bonds. The van der Waals surface area contributed by atoms with Crippen molar-refractivity contribution in [2.24, 2.45) is 0 Å². The molecule has 1 N–H and O–H groups in total. The number of carbonyl (C=O) groups is 1. The molecule has 0 atom stereocenters. The molecule has 1 aromatic heterocycles. The first kappa shape index (κ1) is 18.8. The molecule has 0 radical (unpaired) electrons. The molecule has 0 saturated heterocycles. The van der Waals surface area contributed by atoms with Crippen LogP contribution in [0.5, 0.6) is 5.75 Å². The highest BCUT2D eigenvalue weighted by Gasteiger charge is 2.08. The number of hydrogen-bond donors (Lipinski definition) is 1. The number of nitrogens with one attached hydrogen (secondary N) is 1. The molecule has 130 valence electrons. The summed E-state index contributed by atoms with van der Waals surface area (Å²) in [5.74, 6) is 1.25. The Labute approximate surface area is 152 Å². The van der Waals surface area contributed by atoms with Gasteiger partial charge in [0.1, 0.15) is 16.8 Å². The van der Waals surface area contributed by atoms with E-state index in [1.54, 1.807) is 37.4 Å². The number of carbonyl (C=O) groups excluding carboxylic acids is 1. The number of aryl methyl sites for hydroxylation is 1. The van der Waals surface area contributed by atoms with Gasteiger partial charge in [0, 0.05) is 23.6 Å². The number of anilines is 1. The minimum Gasteiger partial charge on any atom is -0.497 e. The van der Waals surface area contributed by atoms with Crippen molar-refractivity contribution in [3.05, 3.63) is 47.7 Å². The standard InChI is InChI=1S/C19H21N3O2S/c1-3-4-15-6-5-14(13-20)19(22-15)25-12-11-18(23)21-16-7-9-17(24-2)10-8-16/h5-10H,3-4,11-12H2,1-2H3,(H,21,23). The Morgan fingerprint density at radius 2 is 2.04 bits per heavy atom. The average Bonchev–Trinajstić information content (AvgIpc) is 2.63. The second-order valence-electron chi connectivity index (χ2n) is 5.39. The van der Waals surface area contributed by atoms with E-state index in [9.17, 15) is 10.1 Å². The first-order chi connectivity index (χ1) is 12.2. The molecular weight excluding hydrogens is 334 g/mol. The van der Waals surface area contributed by atoms with E-state index in [2.05, 4.69) is 23.3 Å². The van der Waals surface area contributed by atoms with Gasteiger partial charge >= 0.3 is 0 Å². The fourth-order valence-electron chi connectivity index (χ4n) is 2.21. The lowest BCUT2D eigenvalue weighted by atomic mass is 10.2. The van der Waals surface area contributed by atoms with E-state index in [1.165, 1.54) is 11.8 Å². The third kappa shape index (κ3) is 5.80. The number of amides is 1. The Morgan fingerprint density at radius 3 is 2.68 bits per heavy atom. The minimum absolute atomic E-state index is 0.0686. The Balaban J connectivity index is 1.87. The summed E-state index contributed by atoms with van der Waals surface area (Å²) in [6, 6.07) is 13.0. The molecule has 0 spiro atoms. The van der Waals surface area contributed by atoms with Gasteiger partial charge in [0.05, 0.1) is 12.7 Å². The van der Waals surface area contributed by atoms with E-state index in [4.69, 9.17) is 4.74 Å². The van der Waals surface area contributed by atoms with Gasteiger partial charge in [0.2, 0.25) is 5.91 Å². The molecule has 0 unspecified atom stereocenters. The summed E-state index contributed by atoms with van der Waals surface area (Å²) in [7, 11) is 1.60. The van der Waals surface area contributed by atoms with E-state index in [0.29, 0.717) is 22.8 Å². The van der Waals surface area contributed by atoms with Crippen LogP contribution in [0.15, 0.2) is 41.4 Å². The maximum atomic E-state index is 12.0. The van der Waals surface area contributed by atoms with Crippen molar-refractivity contribution in [2.45, 2.75) is 31.2 Å². The number of benzene rings is 1. The van der Waals surface area contributed by atoms with Crippen molar-refractivity contribution in [1.29, 1.82) is 5.26 Å². The molecule has 25 heavy (non-hydrogen) atoms. The van der Waals surface area contributed by atoms with Crippen LogP contribution >= 0.6 is 11.8 Å². The second kappa shape index (κ2) is 9.70. The predicted molar refractivity (Wildman–Crippen MR) is 99.9 cm³/mol. The predicted octanol–water partition coefficient (Wildman–Crippen LogP) is 4.04. The fourth-order valence-corrected chi connectivity index (χ4v) is 3.14. The summed E-state index contributed by atoms with van der Waals surface area (Å²) in [5.41, 5.74) is 2.27. The molecule has 2 aromatic rings. The lowest BCUT2D eigenvalue weighted by molar-refractivity contribution is -0.115. The van der Waals surface area contributed by atoms with Gasteiger partial charge in [0.15, 0.2) is 0 Å². The smallest absolute Gasteiger partial charge is 0.225 e. The summed E-state index contributed by atoms with van der Waals surface area (Å²) in [5, 5.41) is 12.7. The van der Waals surface area contributed by atoms with Gasteiger partial charge in [-0.3, -0.25) is 4.79 Å². The van der Waals surface area contributed by atoms with E-state index in [1.807, 2.05) is 6.07 Å². The zero-order chi connectivity index (χ0) is 18.1. The Hall–Kier alpha value is -2.52. The van der Waals surface area contributed by atoms with Crippen molar-refractivity contribution in [2.75, 3.05) is 18.2 Å². The van der Waals surface area contributed by atoms with Gasteiger partial charge in [0.25, 0.3) is 0 Å². The quantitative estimate of drug-likeness (QED) is 0.724. The third-order valence-corrected chi connectivity index (χ3v) is 4.48. The van der Waals surface area contributed by atoms with Gasteiger partial charge in [-0.2, -0.15) is 5.26 Å². The molecule has 5 nitrogen and oxygen atoms in total. The molecule has 1 aromatic carbocycles. The van der Waals surface area contributed by atoms with Crippen LogP contribution in [0.3, 0.4) is 0 Å². The van der Waals surface area contributed by atoms with E-state index in [0.717, 1.165) is 30.0 Å². The number of thioether (sulfide) groups is 1. The molecule has 6 heteroatoms. The monoisotopic (exact) mass is 355 g/mol. The number of aromatic nitrogens is 1. The van der Waals surface area contributed by atoms with Crippen molar-refractivity contribution >= 4 is 23.4 Å². The maximum Gasteiger partial charge on any atom is 0.225 e.